The third-order valence-electron chi connectivity index (χ3n) is 4.54. The molecule has 0 radical (unpaired) electrons. The molecule has 1 aliphatic carbocycles. The summed E-state index contributed by atoms with van der Waals surface area (Å²) in [5.41, 5.74) is 2.93. The third-order valence-corrected chi connectivity index (χ3v) is 4.54. The van der Waals surface area contributed by atoms with E-state index in [9.17, 15) is 10.4 Å². The summed E-state index contributed by atoms with van der Waals surface area (Å²) in [5, 5.41) is 19.7. The number of anilines is 1. The average Bonchev–Trinajstić information content (AvgIpc) is 2.70. The molecule has 1 N–H and O–H groups in total. The topological polar surface area (TPSA) is 47.3 Å². The molecule has 18 heavy (non-hydrogen) atoms. The number of fused-ring (bicyclic) bond motifs is 1. The minimum Gasteiger partial charge on any atom is -0.387 e. The van der Waals surface area contributed by atoms with Crippen molar-refractivity contribution in [2.45, 2.75) is 31.8 Å². The zero-order chi connectivity index (χ0) is 12.8. The van der Waals surface area contributed by atoms with Crippen LogP contribution < -0.4 is 4.90 Å². The second-order valence-electron chi connectivity index (χ2n) is 5.58. The van der Waals surface area contributed by atoms with Gasteiger partial charge in [-0.2, -0.15) is 5.26 Å². The lowest BCUT2D eigenvalue weighted by atomic mass is 9.64. The Morgan fingerprint density at radius 3 is 2.83 bits per heavy atom. The van der Waals surface area contributed by atoms with Crippen LogP contribution >= 0.6 is 0 Å². The van der Waals surface area contributed by atoms with Crippen molar-refractivity contribution < 1.29 is 5.11 Å². The molecule has 1 atom stereocenters. The van der Waals surface area contributed by atoms with Crippen molar-refractivity contribution in [3.63, 3.8) is 0 Å². The van der Waals surface area contributed by atoms with Crippen LogP contribution in [-0.2, 0) is 6.42 Å². The number of aliphatic hydroxyl groups excluding tert-OH is 1. The van der Waals surface area contributed by atoms with Crippen LogP contribution in [-0.4, -0.2) is 18.7 Å². The number of hydrogen-bond acceptors (Lipinski definition) is 3. The van der Waals surface area contributed by atoms with E-state index in [2.05, 4.69) is 30.1 Å². The molecule has 1 aromatic rings. The van der Waals surface area contributed by atoms with Gasteiger partial charge in [0.05, 0.1) is 17.6 Å². The SMILES string of the molecule is CN1CCc2cc(C(O)C3(C#N)CCC3)ccc21. The molecule has 2 aliphatic rings. The molecule has 3 nitrogen and oxygen atoms in total. The quantitative estimate of drug-likeness (QED) is 0.866. The second kappa shape index (κ2) is 4.00. The van der Waals surface area contributed by atoms with Gasteiger partial charge in [-0.25, -0.2) is 0 Å². The van der Waals surface area contributed by atoms with Crippen molar-refractivity contribution in [1.29, 1.82) is 5.26 Å². The van der Waals surface area contributed by atoms with Gasteiger partial charge in [-0.1, -0.05) is 18.6 Å². The molecule has 1 aromatic carbocycles. The van der Waals surface area contributed by atoms with E-state index in [4.69, 9.17) is 0 Å². The summed E-state index contributed by atoms with van der Waals surface area (Å²) in [6.07, 6.45) is 3.10. The number of hydrogen-bond donors (Lipinski definition) is 1. The van der Waals surface area contributed by atoms with Crippen LogP contribution in [0.1, 0.15) is 36.5 Å². The number of nitrogens with zero attached hydrogens (tertiary/aromatic N) is 2. The molecule has 1 unspecified atom stereocenters. The van der Waals surface area contributed by atoms with E-state index >= 15 is 0 Å². The van der Waals surface area contributed by atoms with E-state index in [1.54, 1.807) is 0 Å². The smallest absolute Gasteiger partial charge is 0.0976 e. The van der Waals surface area contributed by atoms with E-state index in [0.29, 0.717) is 0 Å². The van der Waals surface area contributed by atoms with Gasteiger partial charge in [-0.15, -0.1) is 0 Å². The standard InChI is InChI=1S/C15H18N2O/c1-17-8-5-11-9-12(3-4-13(11)17)14(18)15(10-16)6-2-7-15/h3-4,9,14,18H,2,5-8H2,1H3. The molecule has 3 rings (SSSR count). The van der Waals surface area contributed by atoms with Gasteiger partial charge in [0, 0.05) is 19.3 Å². The van der Waals surface area contributed by atoms with Gasteiger partial charge in [0.15, 0.2) is 0 Å². The van der Waals surface area contributed by atoms with Gasteiger partial charge >= 0.3 is 0 Å². The number of benzene rings is 1. The Balaban J connectivity index is 1.92. The van der Waals surface area contributed by atoms with Crippen LogP contribution in [0, 0.1) is 16.7 Å². The molecule has 94 valence electrons. The highest BCUT2D eigenvalue weighted by molar-refractivity contribution is 5.58. The first kappa shape index (κ1) is 11.6. The van der Waals surface area contributed by atoms with Gasteiger partial charge in [-0.05, 0) is 36.5 Å². The third kappa shape index (κ3) is 1.53. The maximum Gasteiger partial charge on any atom is 0.0976 e. The van der Waals surface area contributed by atoms with Gasteiger partial charge in [0.2, 0.25) is 0 Å². The second-order valence-corrected chi connectivity index (χ2v) is 5.58. The molecule has 0 amide bonds. The Labute approximate surface area is 108 Å². The zero-order valence-corrected chi connectivity index (χ0v) is 10.7. The van der Waals surface area contributed by atoms with Crippen molar-refractivity contribution in [3.8, 4) is 6.07 Å². The maximum atomic E-state index is 10.5. The Kier molecular flexibility index (Phi) is 2.57. The predicted octanol–water partition coefficient (Wildman–Crippen LogP) is 2.41. The summed E-state index contributed by atoms with van der Waals surface area (Å²) in [6.45, 7) is 1.04. The van der Waals surface area contributed by atoms with Crippen LogP contribution in [0.25, 0.3) is 0 Å². The van der Waals surface area contributed by atoms with E-state index in [1.807, 2.05) is 6.07 Å². The molecule has 0 aromatic heterocycles. The molecule has 1 heterocycles. The summed E-state index contributed by atoms with van der Waals surface area (Å²) in [5.74, 6) is 0. The lowest BCUT2D eigenvalue weighted by Gasteiger charge is -2.39. The summed E-state index contributed by atoms with van der Waals surface area (Å²) in [4.78, 5) is 2.23. The number of aliphatic hydroxyl groups is 1. The van der Waals surface area contributed by atoms with E-state index < -0.39 is 11.5 Å². The molecule has 0 bridgehead atoms. The maximum absolute atomic E-state index is 10.5. The lowest BCUT2D eigenvalue weighted by Crippen LogP contribution is -2.34. The minimum atomic E-state index is -0.632. The number of rotatable bonds is 2. The molecule has 1 fully saturated rings. The first-order chi connectivity index (χ1) is 8.66. The van der Waals surface area contributed by atoms with Crippen LogP contribution in [0.15, 0.2) is 18.2 Å². The summed E-state index contributed by atoms with van der Waals surface area (Å²) >= 11 is 0. The largest absolute Gasteiger partial charge is 0.387 e. The summed E-state index contributed by atoms with van der Waals surface area (Å²) < 4.78 is 0. The van der Waals surface area contributed by atoms with Crippen LogP contribution in [0.2, 0.25) is 0 Å². The van der Waals surface area contributed by atoms with Gasteiger partial charge in [-0.3, -0.25) is 0 Å². The fraction of sp³-hybridized carbons (Fsp3) is 0.533. The summed E-state index contributed by atoms with van der Waals surface area (Å²) in [7, 11) is 2.09. The average molecular weight is 242 g/mol. The van der Waals surface area contributed by atoms with Crippen molar-refractivity contribution in [1.82, 2.24) is 0 Å². The highest BCUT2D eigenvalue weighted by Gasteiger charge is 2.44. The highest BCUT2D eigenvalue weighted by Crippen LogP contribution is 2.50. The van der Waals surface area contributed by atoms with Crippen LogP contribution in [0.4, 0.5) is 5.69 Å². The van der Waals surface area contributed by atoms with E-state index in [1.165, 1.54) is 11.3 Å². The first-order valence-corrected chi connectivity index (χ1v) is 6.59. The summed E-state index contributed by atoms with van der Waals surface area (Å²) in [6, 6.07) is 8.46. The zero-order valence-electron chi connectivity index (χ0n) is 10.7. The molecule has 0 saturated heterocycles. The molecule has 1 aliphatic heterocycles. The van der Waals surface area contributed by atoms with Gasteiger partial charge in [0.25, 0.3) is 0 Å². The van der Waals surface area contributed by atoms with Crippen molar-refractivity contribution >= 4 is 5.69 Å². The highest BCUT2D eigenvalue weighted by atomic mass is 16.3. The molecular weight excluding hydrogens is 224 g/mol. The Morgan fingerprint density at radius 2 is 2.22 bits per heavy atom. The Bertz CT molecular complexity index is 514. The van der Waals surface area contributed by atoms with Gasteiger partial charge < -0.3 is 10.0 Å². The number of likely N-dealkylation sites (N-methyl/N-ethyl adjacent to an activating group) is 1. The van der Waals surface area contributed by atoms with Crippen molar-refractivity contribution in [2.75, 3.05) is 18.5 Å². The lowest BCUT2D eigenvalue weighted by molar-refractivity contribution is 0.00792. The van der Waals surface area contributed by atoms with E-state index in [0.717, 1.165) is 37.8 Å². The fourth-order valence-electron chi connectivity index (χ4n) is 3.08. The predicted molar refractivity (Wildman–Crippen MR) is 70.3 cm³/mol. The van der Waals surface area contributed by atoms with Crippen molar-refractivity contribution in [2.24, 2.45) is 5.41 Å². The molecular formula is C15H18N2O. The molecule has 0 spiro atoms. The Morgan fingerprint density at radius 1 is 1.44 bits per heavy atom. The normalized spacial score (nSPS) is 21.9. The number of nitriles is 1. The first-order valence-electron chi connectivity index (χ1n) is 6.59. The molecule has 3 heteroatoms. The molecule has 1 saturated carbocycles. The minimum absolute atomic E-state index is 0.529. The van der Waals surface area contributed by atoms with Gasteiger partial charge in [0.1, 0.15) is 0 Å². The fourth-order valence-corrected chi connectivity index (χ4v) is 3.08. The Hall–Kier alpha value is -1.53. The van der Waals surface area contributed by atoms with E-state index in [-0.39, 0.29) is 0 Å². The monoisotopic (exact) mass is 242 g/mol. The van der Waals surface area contributed by atoms with Crippen LogP contribution in [0.5, 0.6) is 0 Å². The van der Waals surface area contributed by atoms with Crippen LogP contribution in [0.3, 0.4) is 0 Å². The van der Waals surface area contributed by atoms with Crippen molar-refractivity contribution in [3.05, 3.63) is 29.3 Å².